The quantitative estimate of drug-likeness (QED) is 0.796. The van der Waals surface area contributed by atoms with Gasteiger partial charge in [-0.15, -0.1) is 0 Å². The molecule has 2 fully saturated rings. The fourth-order valence-corrected chi connectivity index (χ4v) is 3.62. The molecule has 1 atom stereocenters. The van der Waals surface area contributed by atoms with Gasteiger partial charge in [-0.05, 0) is 33.2 Å². The molecule has 20 heavy (non-hydrogen) atoms. The van der Waals surface area contributed by atoms with Crippen LogP contribution in [0.15, 0.2) is 0 Å². The number of thiocarbonyl (C=S) groups is 1. The van der Waals surface area contributed by atoms with E-state index in [2.05, 4.69) is 5.32 Å². The summed E-state index contributed by atoms with van der Waals surface area (Å²) in [5, 5.41) is 3.19. The zero-order chi connectivity index (χ0) is 14.7. The zero-order valence-corrected chi connectivity index (χ0v) is 13.6. The van der Waals surface area contributed by atoms with Gasteiger partial charge >= 0.3 is 6.03 Å². The van der Waals surface area contributed by atoms with Crippen LogP contribution in [0.1, 0.15) is 26.7 Å². The number of rotatable bonds is 4. The molecule has 2 heterocycles. The van der Waals surface area contributed by atoms with Crippen LogP contribution in [0.2, 0.25) is 0 Å². The summed E-state index contributed by atoms with van der Waals surface area (Å²) in [6.07, 6.45) is 1.90. The molecule has 7 heteroatoms. The third-order valence-corrected chi connectivity index (χ3v) is 5.06. The number of carbonyl (C=O) groups is 2. The molecule has 2 amide bonds. The molecule has 112 valence electrons. The predicted molar refractivity (Wildman–Crippen MR) is 85.0 cm³/mol. The van der Waals surface area contributed by atoms with Crippen LogP contribution < -0.4 is 5.32 Å². The van der Waals surface area contributed by atoms with Gasteiger partial charge in [0.15, 0.2) is 5.78 Å². The Morgan fingerprint density at radius 3 is 2.80 bits per heavy atom. The van der Waals surface area contributed by atoms with Gasteiger partial charge in [0.1, 0.15) is 4.32 Å². The molecule has 2 saturated heterocycles. The highest BCUT2D eigenvalue weighted by Crippen LogP contribution is 2.20. The normalized spacial score (nSPS) is 22.6. The van der Waals surface area contributed by atoms with Crippen molar-refractivity contribution in [2.45, 2.75) is 38.8 Å². The number of hydrogen-bond donors (Lipinski definition) is 1. The molecule has 2 aliphatic rings. The fourth-order valence-electron chi connectivity index (χ4n) is 2.43. The van der Waals surface area contributed by atoms with Crippen molar-refractivity contribution in [2.75, 3.05) is 25.4 Å². The summed E-state index contributed by atoms with van der Waals surface area (Å²) >= 11 is 6.71. The lowest BCUT2D eigenvalue weighted by molar-refractivity contribution is -0.121. The number of urea groups is 1. The SMILES string of the molecule is CC(C)N(CC(=O)[C@@H]1CCCN1)C(=O)N1CCSC1=S. The zero-order valence-electron chi connectivity index (χ0n) is 11.9. The van der Waals surface area contributed by atoms with Crippen LogP contribution in [-0.2, 0) is 4.79 Å². The molecule has 2 aliphatic heterocycles. The summed E-state index contributed by atoms with van der Waals surface area (Å²) in [5.41, 5.74) is 0. The molecule has 0 aliphatic carbocycles. The van der Waals surface area contributed by atoms with Gasteiger partial charge in [-0.25, -0.2) is 4.79 Å². The van der Waals surface area contributed by atoms with Crippen molar-refractivity contribution < 1.29 is 9.59 Å². The van der Waals surface area contributed by atoms with Crippen molar-refractivity contribution in [2.24, 2.45) is 0 Å². The van der Waals surface area contributed by atoms with Crippen molar-refractivity contribution in [1.82, 2.24) is 15.1 Å². The molecule has 0 radical (unpaired) electrons. The van der Waals surface area contributed by atoms with E-state index >= 15 is 0 Å². The van der Waals surface area contributed by atoms with Crippen molar-refractivity contribution >= 4 is 40.1 Å². The molecule has 0 saturated carbocycles. The molecule has 2 rings (SSSR count). The number of hydrogen-bond acceptors (Lipinski definition) is 5. The number of thioether (sulfide) groups is 1. The summed E-state index contributed by atoms with van der Waals surface area (Å²) in [4.78, 5) is 28.0. The number of ketones is 1. The first-order chi connectivity index (χ1) is 9.50. The lowest BCUT2D eigenvalue weighted by Crippen LogP contribution is -2.50. The first-order valence-corrected chi connectivity index (χ1v) is 8.41. The second kappa shape index (κ2) is 6.87. The van der Waals surface area contributed by atoms with Crippen LogP contribution >= 0.6 is 24.0 Å². The number of carbonyl (C=O) groups excluding carboxylic acids is 2. The van der Waals surface area contributed by atoms with E-state index in [9.17, 15) is 9.59 Å². The first kappa shape index (κ1) is 15.7. The Bertz CT molecular complexity index is 408. The van der Waals surface area contributed by atoms with E-state index in [4.69, 9.17) is 12.2 Å². The van der Waals surface area contributed by atoms with Gasteiger partial charge in [0.25, 0.3) is 0 Å². The Labute approximate surface area is 129 Å². The minimum Gasteiger partial charge on any atom is -0.315 e. The highest BCUT2D eigenvalue weighted by atomic mass is 32.2. The molecule has 0 spiro atoms. The number of amides is 2. The Morgan fingerprint density at radius 2 is 2.30 bits per heavy atom. The number of Topliss-reactive ketones (excluding diaryl/α,β-unsaturated/α-hetero) is 1. The van der Waals surface area contributed by atoms with E-state index in [0.717, 1.165) is 25.1 Å². The molecule has 0 aromatic heterocycles. The molecule has 0 aromatic rings. The molecule has 1 N–H and O–H groups in total. The van der Waals surface area contributed by atoms with Gasteiger partial charge < -0.3 is 10.2 Å². The Kier molecular flexibility index (Phi) is 5.40. The van der Waals surface area contributed by atoms with Crippen LogP contribution in [-0.4, -0.2) is 63.4 Å². The van der Waals surface area contributed by atoms with Crippen LogP contribution in [0.25, 0.3) is 0 Å². The molecule has 0 unspecified atom stereocenters. The third-order valence-electron chi connectivity index (χ3n) is 3.64. The maximum absolute atomic E-state index is 12.5. The maximum Gasteiger partial charge on any atom is 0.326 e. The van der Waals surface area contributed by atoms with Gasteiger partial charge in [0.2, 0.25) is 0 Å². The average molecular weight is 315 g/mol. The highest BCUT2D eigenvalue weighted by molar-refractivity contribution is 8.23. The van der Waals surface area contributed by atoms with Gasteiger partial charge in [-0.3, -0.25) is 9.69 Å². The molecule has 0 aromatic carbocycles. The van der Waals surface area contributed by atoms with Crippen molar-refractivity contribution in [1.29, 1.82) is 0 Å². The van der Waals surface area contributed by atoms with E-state index in [1.54, 1.807) is 9.80 Å². The average Bonchev–Trinajstić information content (AvgIpc) is 3.05. The van der Waals surface area contributed by atoms with E-state index in [0.29, 0.717) is 10.9 Å². The molecular weight excluding hydrogens is 294 g/mol. The van der Waals surface area contributed by atoms with Gasteiger partial charge in [-0.2, -0.15) is 0 Å². The summed E-state index contributed by atoms with van der Waals surface area (Å²) in [6, 6.07) is -0.244. The maximum atomic E-state index is 12.5. The standard InChI is InChI=1S/C13H21N3O2S2/c1-9(2)16(8-11(17)10-4-3-5-14-10)12(18)15-6-7-20-13(15)19/h9-10,14H,3-8H2,1-2H3/t10-/m0/s1. The molecule has 5 nitrogen and oxygen atoms in total. The third kappa shape index (κ3) is 3.51. The summed E-state index contributed by atoms with van der Waals surface area (Å²) < 4.78 is 0.618. The van der Waals surface area contributed by atoms with Gasteiger partial charge in [0.05, 0.1) is 12.6 Å². The Hall–Kier alpha value is -0.660. The van der Waals surface area contributed by atoms with Crippen LogP contribution in [0.5, 0.6) is 0 Å². The predicted octanol–water partition coefficient (Wildman–Crippen LogP) is 1.47. The minimum atomic E-state index is -0.138. The van der Waals surface area contributed by atoms with Crippen molar-refractivity contribution in [3.05, 3.63) is 0 Å². The number of nitrogens with zero attached hydrogens (tertiary/aromatic N) is 2. The van der Waals surface area contributed by atoms with Crippen LogP contribution in [0, 0.1) is 0 Å². The highest BCUT2D eigenvalue weighted by Gasteiger charge is 2.32. The molecular formula is C13H21N3O2S2. The van der Waals surface area contributed by atoms with Crippen LogP contribution in [0.4, 0.5) is 4.79 Å². The van der Waals surface area contributed by atoms with Gasteiger partial charge in [-0.1, -0.05) is 24.0 Å². The first-order valence-electron chi connectivity index (χ1n) is 7.01. The number of nitrogens with one attached hydrogen (secondary N) is 1. The Balaban J connectivity index is 2.00. The second-order valence-electron chi connectivity index (χ2n) is 5.39. The van der Waals surface area contributed by atoms with Gasteiger partial charge in [0, 0.05) is 18.3 Å². The van der Waals surface area contributed by atoms with Crippen LogP contribution in [0.3, 0.4) is 0 Å². The van der Waals surface area contributed by atoms with E-state index < -0.39 is 0 Å². The molecule has 0 bridgehead atoms. The van der Waals surface area contributed by atoms with Crippen molar-refractivity contribution in [3.63, 3.8) is 0 Å². The second-order valence-corrected chi connectivity index (χ2v) is 7.11. The largest absolute Gasteiger partial charge is 0.326 e. The summed E-state index contributed by atoms with van der Waals surface area (Å²) in [7, 11) is 0. The lowest BCUT2D eigenvalue weighted by atomic mass is 10.1. The summed E-state index contributed by atoms with van der Waals surface area (Å²) in [6.45, 7) is 5.55. The van der Waals surface area contributed by atoms with E-state index in [1.165, 1.54) is 11.8 Å². The topological polar surface area (TPSA) is 52.7 Å². The van der Waals surface area contributed by atoms with E-state index in [1.807, 2.05) is 13.8 Å². The Morgan fingerprint density at radius 1 is 1.55 bits per heavy atom. The minimum absolute atomic E-state index is 0.0127. The monoisotopic (exact) mass is 315 g/mol. The van der Waals surface area contributed by atoms with E-state index in [-0.39, 0.29) is 30.4 Å². The summed E-state index contributed by atoms with van der Waals surface area (Å²) in [5.74, 6) is 0.941. The lowest BCUT2D eigenvalue weighted by Gasteiger charge is -2.30. The smallest absolute Gasteiger partial charge is 0.315 e. The fraction of sp³-hybridized carbons (Fsp3) is 0.769. The van der Waals surface area contributed by atoms with Crippen molar-refractivity contribution in [3.8, 4) is 0 Å².